The molecule has 16 heavy (non-hydrogen) atoms. The van der Waals surface area contributed by atoms with Gasteiger partial charge in [0.2, 0.25) is 0 Å². The molecular weight excluding hydrogens is 206 g/mol. The fraction of sp³-hybridized carbons (Fsp3) is 0.500. The highest BCUT2D eigenvalue weighted by molar-refractivity contribution is 5.92. The first-order chi connectivity index (χ1) is 7.33. The number of nitrogens with zero attached hydrogens (tertiary/aromatic N) is 1. The van der Waals surface area contributed by atoms with Gasteiger partial charge in [0.05, 0.1) is 6.04 Å². The van der Waals surface area contributed by atoms with Crippen molar-refractivity contribution in [2.75, 3.05) is 0 Å². The van der Waals surface area contributed by atoms with Crippen molar-refractivity contribution in [3.63, 3.8) is 0 Å². The summed E-state index contributed by atoms with van der Waals surface area (Å²) in [6.45, 7) is 9.01. The molecule has 0 bridgehead atoms. The van der Waals surface area contributed by atoms with Gasteiger partial charge in [-0.15, -0.1) is 6.58 Å². The summed E-state index contributed by atoms with van der Waals surface area (Å²) in [7, 11) is 0. The van der Waals surface area contributed by atoms with E-state index in [9.17, 15) is 9.59 Å². The molecule has 4 nitrogen and oxygen atoms in total. The van der Waals surface area contributed by atoms with Gasteiger partial charge in [-0.05, 0) is 26.8 Å². The molecule has 1 heterocycles. The van der Waals surface area contributed by atoms with Crippen molar-refractivity contribution in [2.24, 2.45) is 0 Å². The van der Waals surface area contributed by atoms with Crippen LogP contribution in [-0.4, -0.2) is 28.4 Å². The number of ketones is 1. The lowest BCUT2D eigenvalue weighted by Gasteiger charge is -2.31. The van der Waals surface area contributed by atoms with Crippen LogP contribution in [0.4, 0.5) is 4.79 Å². The summed E-state index contributed by atoms with van der Waals surface area (Å²) in [4.78, 5) is 24.3. The van der Waals surface area contributed by atoms with Gasteiger partial charge in [-0.2, -0.15) is 0 Å². The quantitative estimate of drug-likeness (QED) is 0.640. The fourth-order valence-electron chi connectivity index (χ4n) is 1.35. The van der Waals surface area contributed by atoms with E-state index in [-0.39, 0.29) is 18.2 Å². The molecule has 0 aromatic carbocycles. The zero-order valence-corrected chi connectivity index (χ0v) is 9.90. The fourth-order valence-corrected chi connectivity index (χ4v) is 1.35. The minimum absolute atomic E-state index is 0.00953. The van der Waals surface area contributed by atoms with E-state index in [1.54, 1.807) is 26.8 Å². The Bertz CT molecular complexity index is 339. The molecule has 1 aliphatic rings. The predicted molar refractivity (Wildman–Crippen MR) is 60.8 cm³/mol. The maximum absolute atomic E-state index is 11.8. The van der Waals surface area contributed by atoms with Crippen molar-refractivity contribution in [3.05, 3.63) is 24.9 Å². The van der Waals surface area contributed by atoms with Crippen LogP contribution in [0.15, 0.2) is 24.9 Å². The third kappa shape index (κ3) is 3.22. The number of rotatable bonds is 1. The van der Waals surface area contributed by atoms with Gasteiger partial charge in [-0.1, -0.05) is 6.08 Å². The Morgan fingerprint density at radius 1 is 1.62 bits per heavy atom. The lowest BCUT2D eigenvalue weighted by atomic mass is 10.1. The van der Waals surface area contributed by atoms with Gasteiger partial charge in [0.15, 0.2) is 5.78 Å². The van der Waals surface area contributed by atoms with Crippen molar-refractivity contribution in [1.29, 1.82) is 0 Å². The van der Waals surface area contributed by atoms with E-state index < -0.39 is 11.7 Å². The third-order valence-corrected chi connectivity index (χ3v) is 2.07. The Hall–Kier alpha value is -1.58. The van der Waals surface area contributed by atoms with Gasteiger partial charge >= 0.3 is 6.09 Å². The van der Waals surface area contributed by atoms with Crippen LogP contribution in [0.5, 0.6) is 0 Å². The second kappa shape index (κ2) is 4.51. The van der Waals surface area contributed by atoms with Crippen LogP contribution in [-0.2, 0) is 9.53 Å². The van der Waals surface area contributed by atoms with Crippen molar-refractivity contribution < 1.29 is 14.3 Å². The third-order valence-electron chi connectivity index (χ3n) is 2.07. The first-order valence-corrected chi connectivity index (χ1v) is 5.18. The number of hydrogen-bond acceptors (Lipinski definition) is 3. The predicted octanol–water partition coefficient (Wildman–Crippen LogP) is 2.26. The number of carbonyl (C=O) groups is 2. The maximum Gasteiger partial charge on any atom is 0.414 e. The smallest absolute Gasteiger partial charge is 0.414 e. The van der Waals surface area contributed by atoms with E-state index in [2.05, 4.69) is 6.58 Å². The van der Waals surface area contributed by atoms with Crippen molar-refractivity contribution in [3.8, 4) is 0 Å². The summed E-state index contributed by atoms with van der Waals surface area (Å²) in [6.07, 6.45) is 4.21. The highest BCUT2D eigenvalue weighted by Gasteiger charge is 2.28. The minimum Gasteiger partial charge on any atom is -0.443 e. The molecular formula is C12H17NO3. The number of hydrogen-bond donors (Lipinski definition) is 0. The van der Waals surface area contributed by atoms with Crippen LogP contribution in [0.1, 0.15) is 27.2 Å². The Balaban J connectivity index is 2.78. The summed E-state index contributed by atoms with van der Waals surface area (Å²) in [5.41, 5.74) is -0.544. The van der Waals surface area contributed by atoms with Crippen LogP contribution in [0.3, 0.4) is 0 Å². The van der Waals surface area contributed by atoms with Crippen molar-refractivity contribution >= 4 is 11.9 Å². The summed E-state index contributed by atoms with van der Waals surface area (Å²) in [6, 6.07) is -0.313. The minimum atomic E-state index is -0.544. The topological polar surface area (TPSA) is 46.6 Å². The summed E-state index contributed by atoms with van der Waals surface area (Å²) in [5.74, 6) is -0.00953. The van der Waals surface area contributed by atoms with E-state index in [1.807, 2.05) is 0 Å². The van der Waals surface area contributed by atoms with E-state index >= 15 is 0 Å². The van der Waals surface area contributed by atoms with Gasteiger partial charge in [0.25, 0.3) is 0 Å². The van der Waals surface area contributed by atoms with Gasteiger partial charge in [-0.25, -0.2) is 4.79 Å². The Morgan fingerprint density at radius 3 is 2.75 bits per heavy atom. The summed E-state index contributed by atoms with van der Waals surface area (Å²) < 4.78 is 5.22. The van der Waals surface area contributed by atoms with Gasteiger partial charge in [-0.3, -0.25) is 9.69 Å². The molecule has 4 heteroatoms. The maximum atomic E-state index is 11.8. The largest absolute Gasteiger partial charge is 0.443 e. The first kappa shape index (κ1) is 12.5. The Labute approximate surface area is 95.6 Å². The molecule has 0 unspecified atom stereocenters. The van der Waals surface area contributed by atoms with E-state index in [4.69, 9.17) is 4.74 Å². The van der Waals surface area contributed by atoms with Crippen LogP contribution in [0.2, 0.25) is 0 Å². The molecule has 0 N–H and O–H groups in total. The van der Waals surface area contributed by atoms with Crippen LogP contribution >= 0.6 is 0 Å². The molecule has 1 atom stereocenters. The lowest BCUT2D eigenvalue weighted by molar-refractivity contribution is -0.115. The normalized spacial score (nSPS) is 20.8. The Kier molecular flexibility index (Phi) is 3.52. The monoisotopic (exact) mass is 223 g/mol. The second-order valence-corrected chi connectivity index (χ2v) is 4.68. The number of allylic oxidation sites excluding steroid dienone is 1. The number of carbonyl (C=O) groups excluding carboxylic acids is 2. The molecule has 0 aliphatic carbocycles. The van der Waals surface area contributed by atoms with Crippen molar-refractivity contribution in [2.45, 2.75) is 38.8 Å². The number of amides is 1. The van der Waals surface area contributed by atoms with Gasteiger partial charge < -0.3 is 4.74 Å². The SMILES string of the molecule is C=C[C@@H]1CC(=O)C=CN1C(=O)OC(C)(C)C. The molecule has 0 saturated heterocycles. The van der Waals surface area contributed by atoms with Crippen LogP contribution in [0, 0.1) is 0 Å². The molecule has 0 aromatic rings. The van der Waals surface area contributed by atoms with Crippen LogP contribution in [0.25, 0.3) is 0 Å². The standard InChI is InChI=1S/C12H17NO3/c1-5-9-8-10(14)6-7-13(9)11(15)16-12(2,3)4/h5-7,9H,1,8H2,2-4H3/t9-/m1/s1. The first-order valence-electron chi connectivity index (χ1n) is 5.18. The zero-order valence-electron chi connectivity index (χ0n) is 9.90. The molecule has 0 aromatic heterocycles. The average Bonchev–Trinajstić information content (AvgIpc) is 2.14. The highest BCUT2D eigenvalue weighted by atomic mass is 16.6. The van der Waals surface area contributed by atoms with E-state index in [1.165, 1.54) is 17.2 Å². The van der Waals surface area contributed by atoms with E-state index in [0.29, 0.717) is 0 Å². The molecule has 0 spiro atoms. The van der Waals surface area contributed by atoms with Crippen molar-refractivity contribution in [1.82, 2.24) is 4.90 Å². The highest BCUT2D eigenvalue weighted by Crippen LogP contribution is 2.17. The molecule has 0 fully saturated rings. The van der Waals surface area contributed by atoms with Gasteiger partial charge in [0.1, 0.15) is 5.60 Å². The Morgan fingerprint density at radius 2 is 2.25 bits per heavy atom. The summed E-state index contributed by atoms with van der Waals surface area (Å²) >= 11 is 0. The average molecular weight is 223 g/mol. The molecule has 1 amide bonds. The van der Waals surface area contributed by atoms with E-state index in [0.717, 1.165) is 0 Å². The molecule has 1 rings (SSSR count). The van der Waals surface area contributed by atoms with Gasteiger partial charge in [0, 0.05) is 12.6 Å². The summed E-state index contributed by atoms with van der Waals surface area (Å²) in [5, 5.41) is 0. The lowest BCUT2D eigenvalue weighted by Crippen LogP contribution is -2.41. The number of ether oxygens (including phenoxy) is 1. The molecule has 0 saturated carbocycles. The second-order valence-electron chi connectivity index (χ2n) is 4.68. The molecule has 88 valence electrons. The zero-order chi connectivity index (χ0) is 12.3. The molecule has 0 radical (unpaired) electrons. The van der Waals surface area contributed by atoms with Crippen LogP contribution < -0.4 is 0 Å². The molecule has 1 aliphatic heterocycles.